The first-order valence-electron chi connectivity index (χ1n) is 9.88. The molecule has 1 heterocycles. The Morgan fingerprint density at radius 2 is 1.52 bits per heavy atom. The van der Waals surface area contributed by atoms with Gasteiger partial charge in [0, 0.05) is 24.3 Å². The van der Waals surface area contributed by atoms with Crippen molar-refractivity contribution >= 4 is 37.3 Å². The summed E-state index contributed by atoms with van der Waals surface area (Å²) in [6.07, 6.45) is 1.96. The number of hydrogen-bond donors (Lipinski definition) is 1. The van der Waals surface area contributed by atoms with E-state index in [0.29, 0.717) is 0 Å². The van der Waals surface area contributed by atoms with E-state index >= 15 is 0 Å². The highest BCUT2D eigenvalue weighted by atomic mass is 79.9. The summed E-state index contributed by atoms with van der Waals surface area (Å²) in [7, 11) is 0.178. The fourth-order valence-electron chi connectivity index (χ4n) is 3.48. The number of nitrogens with zero attached hydrogens (tertiary/aromatic N) is 2. The number of anilines is 1. The van der Waals surface area contributed by atoms with Crippen molar-refractivity contribution in [3.8, 4) is 0 Å². The van der Waals surface area contributed by atoms with E-state index in [1.165, 1.54) is 4.41 Å². The molecule has 1 atom stereocenters. The molecule has 1 aliphatic heterocycles. The summed E-state index contributed by atoms with van der Waals surface area (Å²) in [5.74, 6) is 0. The normalized spacial score (nSPS) is 16.6. The first kappa shape index (κ1) is 21.6. The number of aryl methyl sites for hydroxylation is 1. The highest BCUT2D eigenvalue weighted by Gasteiger charge is 2.37. The molecule has 1 aliphatic rings. The van der Waals surface area contributed by atoms with Gasteiger partial charge in [-0.2, -0.15) is 0 Å². The van der Waals surface area contributed by atoms with E-state index in [2.05, 4.69) is 21.4 Å². The predicted molar refractivity (Wildman–Crippen MR) is 129 cm³/mol. The molecule has 0 aromatic heterocycles. The van der Waals surface area contributed by atoms with Gasteiger partial charge >= 0.3 is 0 Å². The third kappa shape index (κ3) is 4.39. The fraction of sp³-hybridized carbons (Fsp3) is 0.167. The molecule has 0 radical (unpaired) electrons. The monoisotopic (exact) mass is 497 g/mol. The molecule has 7 heteroatoms. The molecular weight excluding hydrogens is 474 g/mol. The quantitative estimate of drug-likeness (QED) is 0.531. The van der Waals surface area contributed by atoms with E-state index < -0.39 is 16.1 Å². The standard InChI is InChI=1S/C24H24BrN3O2S/c1-17-4-14-22(15-5-17)31(29,30)28-24(19-8-12-21(13-9-19)27(2)3)16-23(26-28)18-6-10-20(25)11-7-18/h4-16,24,26H,1-3H3/t24-/m0/s1. The Hall–Kier alpha value is -2.61. The van der Waals surface area contributed by atoms with Gasteiger partial charge in [0.05, 0.1) is 16.6 Å². The first-order valence-corrected chi connectivity index (χ1v) is 12.1. The predicted octanol–water partition coefficient (Wildman–Crippen LogP) is 5.11. The molecule has 31 heavy (non-hydrogen) atoms. The molecule has 0 fully saturated rings. The number of nitrogens with one attached hydrogen (secondary N) is 1. The summed E-state index contributed by atoms with van der Waals surface area (Å²) in [6.45, 7) is 1.94. The lowest BCUT2D eigenvalue weighted by Gasteiger charge is -2.25. The molecule has 0 unspecified atom stereocenters. The van der Waals surface area contributed by atoms with Gasteiger partial charge in [-0.05, 0) is 60.5 Å². The zero-order chi connectivity index (χ0) is 22.2. The van der Waals surface area contributed by atoms with Gasteiger partial charge in [-0.3, -0.25) is 0 Å². The van der Waals surface area contributed by atoms with Crippen LogP contribution in [0.25, 0.3) is 5.70 Å². The van der Waals surface area contributed by atoms with Crippen LogP contribution in [0.2, 0.25) is 0 Å². The molecule has 0 amide bonds. The van der Waals surface area contributed by atoms with Crippen molar-refractivity contribution in [1.29, 1.82) is 0 Å². The highest BCUT2D eigenvalue weighted by molar-refractivity contribution is 9.10. The number of hydrogen-bond acceptors (Lipinski definition) is 4. The molecular formula is C24H24BrN3O2S. The minimum atomic E-state index is -3.78. The van der Waals surface area contributed by atoms with Crippen LogP contribution in [-0.4, -0.2) is 26.9 Å². The fourth-order valence-corrected chi connectivity index (χ4v) is 5.15. The van der Waals surface area contributed by atoms with Gasteiger partial charge in [-0.15, -0.1) is 4.41 Å². The van der Waals surface area contributed by atoms with Crippen LogP contribution in [-0.2, 0) is 10.0 Å². The maximum Gasteiger partial charge on any atom is 0.260 e. The van der Waals surface area contributed by atoms with Gasteiger partial charge in [-0.25, -0.2) is 8.42 Å². The molecule has 0 spiro atoms. The topological polar surface area (TPSA) is 52.7 Å². The van der Waals surface area contributed by atoms with Gasteiger partial charge in [0.2, 0.25) is 0 Å². The van der Waals surface area contributed by atoms with E-state index in [0.717, 1.165) is 32.5 Å². The number of rotatable bonds is 5. The van der Waals surface area contributed by atoms with Gasteiger partial charge in [0.15, 0.2) is 0 Å². The summed E-state index contributed by atoms with van der Waals surface area (Å²) >= 11 is 3.45. The van der Waals surface area contributed by atoms with Crippen LogP contribution in [0, 0.1) is 6.92 Å². The molecule has 4 rings (SSSR count). The third-order valence-corrected chi connectivity index (χ3v) is 7.52. The Kier molecular flexibility index (Phi) is 5.92. The SMILES string of the molecule is Cc1ccc(S(=O)(=O)N2NC(c3ccc(Br)cc3)=C[C@H]2c2ccc(N(C)C)cc2)cc1. The summed E-state index contributed by atoms with van der Waals surface area (Å²) in [4.78, 5) is 2.27. The number of halogens is 1. The number of hydrazine groups is 1. The molecule has 160 valence electrons. The average Bonchev–Trinajstić information content (AvgIpc) is 3.21. The van der Waals surface area contributed by atoms with Crippen LogP contribution >= 0.6 is 15.9 Å². The average molecular weight is 498 g/mol. The summed E-state index contributed by atoms with van der Waals surface area (Å²) in [5, 5.41) is 0. The Balaban J connectivity index is 1.77. The summed E-state index contributed by atoms with van der Waals surface area (Å²) in [5.41, 5.74) is 7.77. The highest BCUT2D eigenvalue weighted by Crippen LogP contribution is 2.36. The lowest BCUT2D eigenvalue weighted by Crippen LogP contribution is -2.39. The van der Waals surface area contributed by atoms with Crippen molar-refractivity contribution in [2.75, 3.05) is 19.0 Å². The third-order valence-electron chi connectivity index (χ3n) is 5.29. The maximum atomic E-state index is 13.5. The van der Waals surface area contributed by atoms with Crippen LogP contribution < -0.4 is 10.3 Å². The number of benzene rings is 3. The molecule has 3 aromatic carbocycles. The Bertz CT molecular complexity index is 1200. The zero-order valence-corrected chi connectivity index (χ0v) is 20.0. The Labute approximate surface area is 192 Å². The molecule has 0 saturated carbocycles. The zero-order valence-electron chi connectivity index (χ0n) is 17.6. The molecule has 3 aromatic rings. The van der Waals surface area contributed by atoms with Crippen LogP contribution in [0.3, 0.4) is 0 Å². The Morgan fingerprint density at radius 1 is 0.903 bits per heavy atom. The lowest BCUT2D eigenvalue weighted by atomic mass is 10.0. The Morgan fingerprint density at radius 3 is 2.10 bits per heavy atom. The molecule has 0 bridgehead atoms. The summed E-state index contributed by atoms with van der Waals surface area (Å²) in [6, 6.07) is 22.2. The summed E-state index contributed by atoms with van der Waals surface area (Å²) < 4.78 is 29.4. The van der Waals surface area contributed by atoms with Crippen LogP contribution in [0.1, 0.15) is 22.7 Å². The van der Waals surface area contributed by atoms with E-state index in [1.54, 1.807) is 12.1 Å². The maximum absolute atomic E-state index is 13.5. The van der Waals surface area contributed by atoms with E-state index in [4.69, 9.17) is 0 Å². The second kappa shape index (κ2) is 8.49. The second-order valence-corrected chi connectivity index (χ2v) is 10.5. The van der Waals surface area contributed by atoms with Crippen molar-refractivity contribution in [2.24, 2.45) is 0 Å². The van der Waals surface area contributed by atoms with Crippen molar-refractivity contribution in [2.45, 2.75) is 17.9 Å². The largest absolute Gasteiger partial charge is 0.378 e. The van der Waals surface area contributed by atoms with Gasteiger partial charge in [0.1, 0.15) is 0 Å². The number of sulfonamides is 1. The van der Waals surface area contributed by atoms with E-state index in [9.17, 15) is 8.42 Å². The minimum absolute atomic E-state index is 0.256. The molecule has 1 N–H and O–H groups in total. The van der Waals surface area contributed by atoms with Crippen molar-refractivity contribution in [3.63, 3.8) is 0 Å². The van der Waals surface area contributed by atoms with Crippen molar-refractivity contribution < 1.29 is 8.42 Å². The van der Waals surface area contributed by atoms with E-state index in [1.807, 2.05) is 92.7 Å². The second-order valence-electron chi connectivity index (χ2n) is 7.74. The molecule has 0 saturated heterocycles. The van der Waals surface area contributed by atoms with Crippen LogP contribution in [0.15, 0.2) is 88.2 Å². The van der Waals surface area contributed by atoms with Gasteiger partial charge < -0.3 is 10.3 Å². The van der Waals surface area contributed by atoms with E-state index in [-0.39, 0.29) is 4.90 Å². The van der Waals surface area contributed by atoms with Gasteiger partial charge in [0.25, 0.3) is 10.0 Å². The molecule has 0 aliphatic carbocycles. The first-order chi connectivity index (χ1) is 14.8. The van der Waals surface area contributed by atoms with Crippen LogP contribution in [0.4, 0.5) is 5.69 Å². The van der Waals surface area contributed by atoms with Gasteiger partial charge in [-0.1, -0.05) is 57.9 Å². The smallest absolute Gasteiger partial charge is 0.260 e. The minimum Gasteiger partial charge on any atom is -0.378 e. The van der Waals surface area contributed by atoms with Crippen molar-refractivity contribution in [3.05, 3.63) is 100 Å². The lowest BCUT2D eigenvalue weighted by molar-refractivity contribution is 0.348. The van der Waals surface area contributed by atoms with Crippen molar-refractivity contribution in [1.82, 2.24) is 9.84 Å². The molecule has 5 nitrogen and oxygen atoms in total. The van der Waals surface area contributed by atoms with Crippen LogP contribution in [0.5, 0.6) is 0 Å².